The summed E-state index contributed by atoms with van der Waals surface area (Å²) < 4.78 is 0. The van der Waals surface area contributed by atoms with E-state index in [0.717, 1.165) is 0 Å². The molecule has 0 aliphatic rings. The molecule has 0 heterocycles. The van der Waals surface area contributed by atoms with Crippen LogP contribution in [-0.4, -0.2) is 23.1 Å². The van der Waals surface area contributed by atoms with Gasteiger partial charge in [0, 0.05) is 0 Å². The molecule has 0 fully saturated rings. The van der Waals surface area contributed by atoms with Crippen LogP contribution < -0.4 is 0 Å². The van der Waals surface area contributed by atoms with Crippen molar-refractivity contribution in [3.63, 3.8) is 0 Å². The molecule has 0 aromatic heterocycles. The quantitative estimate of drug-likeness (QED) is 0.470. The zero-order valence-corrected chi connectivity index (χ0v) is 10.3. The Kier molecular flexibility index (Phi) is 20.8. The van der Waals surface area contributed by atoms with E-state index in [0.29, 0.717) is 0 Å². The maximum absolute atomic E-state index is 3.25. The van der Waals surface area contributed by atoms with E-state index in [9.17, 15) is 0 Å². The molecule has 58 valence electrons. The molecule has 0 nitrogen and oxygen atoms in total. The largest absolute Gasteiger partial charge is 2.00 e. The summed E-state index contributed by atoms with van der Waals surface area (Å²) in [6, 6.07) is 10.8. The monoisotopic (exact) mass is 224 g/mol. The van der Waals surface area contributed by atoms with E-state index in [2.05, 4.69) is 19.9 Å². The topological polar surface area (TPSA) is 0 Å². The SMILES string of the molecule is Br.Cc1cc[c-]cc1.[CH2-]C.[Mg+2]. The third-order valence-electron chi connectivity index (χ3n) is 0.885. The van der Waals surface area contributed by atoms with Crippen LogP contribution in [-0.2, 0) is 0 Å². The Labute approximate surface area is 96.3 Å². The fourth-order valence-corrected chi connectivity index (χ4v) is 0.470. The van der Waals surface area contributed by atoms with Gasteiger partial charge < -0.3 is 6.92 Å². The van der Waals surface area contributed by atoms with E-state index < -0.39 is 0 Å². The summed E-state index contributed by atoms with van der Waals surface area (Å²) in [5.74, 6) is 0. The minimum absolute atomic E-state index is 0. The Morgan fingerprint density at radius 1 is 1.18 bits per heavy atom. The summed E-state index contributed by atoms with van der Waals surface area (Å²) in [7, 11) is 0. The predicted octanol–water partition coefficient (Wildman–Crippen LogP) is 2.83. The average molecular weight is 225 g/mol. The maximum Gasteiger partial charge on any atom is 2.00 e. The van der Waals surface area contributed by atoms with Crippen LogP contribution in [0.5, 0.6) is 0 Å². The number of aryl methyl sites for hydroxylation is 1. The third-order valence-corrected chi connectivity index (χ3v) is 0.885. The van der Waals surface area contributed by atoms with Crippen molar-refractivity contribution in [2.24, 2.45) is 0 Å². The van der Waals surface area contributed by atoms with Gasteiger partial charge in [-0.05, 0) is 0 Å². The van der Waals surface area contributed by atoms with Crippen molar-refractivity contribution in [2.75, 3.05) is 0 Å². The molecular formula is C9H13BrMg. The van der Waals surface area contributed by atoms with Crippen LogP contribution in [0.4, 0.5) is 0 Å². The molecule has 0 N–H and O–H groups in total. The first-order valence-corrected chi connectivity index (χ1v) is 3.03. The molecule has 0 aliphatic heterocycles. The van der Waals surface area contributed by atoms with Crippen LogP contribution in [0.15, 0.2) is 24.3 Å². The zero-order valence-electron chi connectivity index (χ0n) is 7.13. The van der Waals surface area contributed by atoms with Gasteiger partial charge in [-0.1, -0.05) is 6.92 Å². The fourth-order valence-electron chi connectivity index (χ4n) is 0.470. The number of rotatable bonds is 0. The minimum atomic E-state index is 0. The second-order valence-corrected chi connectivity index (χ2v) is 1.58. The normalized spacial score (nSPS) is 6.09. The molecule has 1 aromatic carbocycles. The molecular weight excluding hydrogens is 212 g/mol. The van der Waals surface area contributed by atoms with Crippen LogP contribution in [0.1, 0.15) is 12.5 Å². The number of benzene rings is 1. The van der Waals surface area contributed by atoms with Crippen molar-refractivity contribution in [2.45, 2.75) is 13.8 Å². The van der Waals surface area contributed by atoms with Crippen LogP contribution in [0, 0.1) is 19.9 Å². The first kappa shape index (κ1) is 17.5. The van der Waals surface area contributed by atoms with Gasteiger partial charge in [0.2, 0.25) is 0 Å². The first-order valence-electron chi connectivity index (χ1n) is 3.03. The van der Waals surface area contributed by atoms with Gasteiger partial charge in [-0.2, -0.15) is 42.8 Å². The van der Waals surface area contributed by atoms with E-state index in [4.69, 9.17) is 0 Å². The molecule has 11 heavy (non-hydrogen) atoms. The van der Waals surface area contributed by atoms with Gasteiger partial charge in [-0.25, -0.2) is 0 Å². The van der Waals surface area contributed by atoms with Gasteiger partial charge in [-0.3, -0.25) is 0 Å². The third kappa shape index (κ3) is 10.5. The van der Waals surface area contributed by atoms with Crippen molar-refractivity contribution >= 4 is 40.0 Å². The Morgan fingerprint density at radius 3 is 1.73 bits per heavy atom. The Bertz CT molecular complexity index is 139. The molecule has 1 aromatic rings. The van der Waals surface area contributed by atoms with Crippen molar-refractivity contribution in [1.29, 1.82) is 0 Å². The van der Waals surface area contributed by atoms with Gasteiger partial charge in [-0.15, -0.1) is 17.0 Å². The standard InChI is InChI=1S/C7H7.C2H5.BrH.Mg/c1-7-5-3-2-4-6-7;1-2;;/h3-6H,1H3;1H2,2H3;1H;/q2*-1;;+2. The van der Waals surface area contributed by atoms with Crippen molar-refractivity contribution in [1.82, 2.24) is 0 Å². The molecule has 0 radical (unpaired) electrons. The molecule has 0 bridgehead atoms. The van der Waals surface area contributed by atoms with Crippen LogP contribution in [0.2, 0.25) is 0 Å². The fraction of sp³-hybridized carbons (Fsp3) is 0.222. The minimum Gasteiger partial charge on any atom is -0.346 e. The summed E-state index contributed by atoms with van der Waals surface area (Å²) in [6.07, 6.45) is 0. The van der Waals surface area contributed by atoms with Crippen LogP contribution in [0.25, 0.3) is 0 Å². The van der Waals surface area contributed by atoms with E-state index >= 15 is 0 Å². The molecule has 2 heteroatoms. The summed E-state index contributed by atoms with van der Waals surface area (Å²) >= 11 is 0. The van der Waals surface area contributed by atoms with Crippen molar-refractivity contribution in [3.8, 4) is 0 Å². The smallest absolute Gasteiger partial charge is 0.346 e. The zero-order chi connectivity index (χ0) is 7.11. The number of hydrogen-bond acceptors (Lipinski definition) is 0. The van der Waals surface area contributed by atoms with Gasteiger partial charge in [0.25, 0.3) is 0 Å². The Balaban J connectivity index is -0.000000149. The molecule has 1 rings (SSSR count). The van der Waals surface area contributed by atoms with Gasteiger partial charge in [0.1, 0.15) is 0 Å². The maximum atomic E-state index is 3.25. The predicted molar refractivity (Wildman–Crippen MR) is 57.1 cm³/mol. The van der Waals surface area contributed by atoms with Crippen molar-refractivity contribution < 1.29 is 0 Å². The Hall–Kier alpha value is 0.466. The summed E-state index contributed by atoms with van der Waals surface area (Å²) in [5, 5.41) is 0. The number of halogens is 1. The number of hydrogen-bond donors (Lipinski definition) is 0. The van der Waals surface area contributed by atoms with E-state index in [1.807, 2.05) is 24.3 Å². The molecule has 0 atom stereocenters. The first-order chi connectivity index (χ1) is 4.39. The van der Waals surface area contributed by atoms with Gasteiger partial charge >= 0.3 is 23.1 Å². The summed E-state index contributed by atoms with van der Waals surface area (Å²) in [5.41, 5.74) is 1.29. The van der Waals surface area contributed by atoms with Gasteiger partial charge in [0.05, 0.1) is 0 Å². The van der Waals surface area contributed by atoms with E-state index in [1.54, 1.807) is 6.92 Å². The molecule has 0 aliphatic carbocycles. The average Bonchev–Trinajstić information content (AvgIpc) is 1.94. The summed E-state index contributed by atoms with van der Waals surface area (Å²) in [6.45, 7) is 7.06. The van der Waals surface area contributed by atoms with Crippen LogP contribution in [0.3, 0.4) is 0 Å². The van der Waals surface area contributed by atoms with E-state index in [-0.39, 0.29) is 40.0 Å². The Morgan fingerprint density at radius 2 is 1.55 bits per heavy atom. The summed E-state index contributed by atoms with van der Waals surface area (Å²) in [4.78, 5) is 0. The van der Waals surface area contributed by atoms with E-state index in [1.165, 1.54) is 5.56 Å². The molecule has 0 spiro atoms. The molecule has 0 unspecified atom stereocenters. The molecule has 0 saturated heterocycles. The second kappa shape index (κ2) is 13.1. The van der Waals surface area contributed by atoms with Crippen molar-refractivity contribution in [3.05, 3.63) is 42.8 Å². The molecule has 0 saturated carbocycles. The van der Waals surface area contributed by atoms with Gasteiger partial charge in [0.15, 0.2) is 0 Å². The second-order valence-electron chi connectivity index (χ2n) is 1.58. The van der Waals surface area contributed by atoms with Crippen LogP contribution >= 0.6 is 17.0 Å². The molecule has 0 amide bonds.